The maximum Gasteiger partial charge on any atom is 0.322 e. The van der Waals surface area contributed by atoms with E-state index in [1.165, 1.54) is 6.92 Å². The molecule has 1 aromatic rings. The van der Waals surface area contributed by atoms with Gasteiger partial charge in [-0.3, -0.25) is 10.1 Å². The number of carbonyl (C=O) groups excluding carboxylic acids is 2. The van der Waals surface area contributed by atoms with Crippen LogP contribution >= 0.6 is 0 Å². The van der Waals surface area contributed by atoms with Crippen LogP contribution in [-0.2, 0) is 10.3 Å². The summed E-state index contributed by atoms with van der Waals surface area (Å²) in [4.78, 5) is 22.5. The van der Waals surface area contributed by atoms with Gasteiger partial charge in [-0.1, -0.05) is 0 Å². The molecule has 0 aliphatic carbocycles. The van der Waals surface area contributed by atoms with E-state index < -0.39 is 29.1 Å². The van der Waals surface area contributed by atoms with Crippen LogP contribution in [0.25, 0.3) is 0 Å². The summed E-state index contributed by atoms with van der Waals surface area (Å²) in [5, 5.41) is 4.33. The Morgan fingerprint density at radius 3 is 2.12 bits per heavy atom. The monoisotopic (exact) mass is 226 g/mol. The molecular weight excluding hydrogens is 218 g/mol. The lowest BCUT2D eigenvalue weighted by Gasteiger charge is -2.20. The molecule has 3 amide bonds. The number of hydrogen-bond acceptors (Lipinski definition) is 2. The van der Waals surface area contributed by atoms with Gasteiger partial charge in [0.05, 0.1) is 0 Å². The van der Waals surface area contributed by atoms with Crippen molar-refractivity contribution in [1.82, 2.24) is 10.6 Å². The zero-order valence-electron chi connectivity index (χ0n) is 8.30. The minimum Gasteiger partial charge on any atom is -0.320 e. The normalized spacial score (nSPS) is 24.2. The smallest absolute Gasteiger partial charge is 0.320 e. The first kappa shape index (κ1) is 10.5. The van der Waals surface area contributed by atoms with Crippen molar-refractivity contribution >= 4 is 11.9 Å². The molecule has 0 unspecified atom stereocenters. The molecule has 1 atom stereocenters. The van der Waals surface area contributed by atoms with Gasteiger partial charge in [0.25, 0.3) is 5.91 Å². The lowest BCUT2D eigenvalue weighted by Crippen LogP contribution is -2.40. The van der Waals surface area contributed by atoms with Crippen LogP contribution < -0.4 is 10.6 Å². The summed E-state index contributed by atoms with van der Waals surface area (Å²) in [5.41, 5.74) is -1.37. The Morgan fingerprint density at radius 1 is 1.12 bits per heavy atom. The van der Waals surface area contributed by atoms with Crippen LogP contribution in [0.1, 0.15) is 12.5 Å². The maximum atomic E-state index is 13.0. The third-order valence-corrected chi connectivity index (χ3v) is 2.48. The number of halogens is 2. The topological polar surface area (TPSA) is 58.2 Å². The zero-order chi connectivity index (χ0) is 11.9. The van der Waals surface area contributed by atoms with Gasteiger partial charge in [0.15, 0.2) is 0 Å². The molecule has 6 heteroatoms. The molecule has 0 radical (unpaired) electrons. The summed E-state index contributed by atoms with van der Waals surface area (Å²) in [6.07, 6.45) is 0. The minimum atomic E-state index is -1.43. The summed E-state index contributed by atoms with van der Waals surface area (Å²) in [7, 11) is 0. The van der Waals surface area contributed by atoms with Crippen molar-refractivity contribution < 1.29 is 18.4 Å². The van der Waals surface area contributed by atoms with Crippen LogP contribution in [0.3, 0.4) is 0 Å². The second-order valence-corrected chi connectivity index (χ2v) is 3.69. The third-order valence-electron chi connectivity index (χ3n) is 2.48. The van der Waals surface area contributed by atoms with Crippen LogP contribution in [0.5, 0.6) is 0 Å². The molecular formula is C10H8F2N2O2. The fourth-order valence-corrected chi connectivity index (χ4v) is 1.59. The Balaban J connectivity index is 2.51. The van der Waals surface area contributed by atoms with E-state index in [9.17, 15) is 18.4 Å². The molecule has 2 N–H and O–H groups in total. The Bertz CT molecular complexity index is 469. The zero-order valence-corrected chi connectivity index (χ0v) is 8.30. The van der Waals surface area contributed by atoms with E-state index in [2.05, 4.69) is 5.32 Å². The number of rotatable bonds is 1. The van der Waals surface area contributed by atoms with E-state index in [0.29, 0.717) is 6.07 Å². The summed E-state index contributed by atoms with van der Waals surface area (Å²) in [6.45, 7) is 1.38. The van der Waals surface area contributed by atoms with E-state index in [1.54, 1.807) is 0 Å². The molecule has 1 saturated heterocycles. The van der Waals surface area contributed by atoms with Crippen molar-refractivity contribution in [3.63, 3.8) is 0 Å². The van der Waals surface area contributed by atoms with Crippen molar-refractivity contribution in [3.8, 4) is 0 Å². The Morgan fingerprint density at radius 2 is 1.69 bits per heavy atom. The number of amides is 3. The van der Waals surface area contributed by atoms with Crippen molar-refractivity contribution in [1.29, 1.82) is 0 Å². The van der Waals surface area contributed by atoms with E-state index in [4.69, 9.17) is 0 Å². The molecule has 1 aromatic carbocycles. The molecule has 0 aromatic heterocycles. The Kier molecular flexibility index (Phi) is 2.15. The highest BCUT2D eigenvalue weighted by Crippen LogP contribution is 2.25. The molecule has 1 fully saturated rings. The van der Waals surface area contributed by atoms with Gasteiger partial charge in [-0.15, -0.1) is 0 Å². The average Bonchev–Trinajstić information content (AvgIpc) is 2.40. The Hall–Kier alpha value is -1.98. The third kappa shape index (κ3) is 1.52. The predicted octanol–water partition coefficient (Wildman–Crippen LogP) is 1.02. The largest absolute Gasteiger partial charge is 0.322 e. The van der Waals surface area contributed by atoms with Crippen LogP contribution in [0.4, 0.5) is 13.6 Å². The highest BCUT2D eigenvalue weighted by Gasteiger charge is 2.43. The SMILES string of the molecule is C[C@]1(c2cc(F)cc(F)c2)NC(=O)NC1=O. The first-order chi connectivity index (χ1) is 7.41. The first-order valence-corrected chi connectivity index (χ1v) is 4.52. The van der Waals surface area contributed by atoms with E-state index >= 15 is 0 Å². The first-order valence-electron chi connectivity index (χ1n) is 4.52. The molecule has 16 heavy (non-hydrogen) atoms. The van der Waals surface area contributed by atoms with Crippen molar-refractivity contribution in [3.05, 3.63) is 35.4 Å². The van der Waals surface area contributed by atoms with Crippen LogP contribution in [0.15, 0.2) is 18.2 Å². The molecule has 1 heterocycles. The quantitative estimate of drug-likeness (QED) is 0.702. The lowest BCUT2D eigenvalue weighted by molar-refractivity contribution is -0.123. The van der Waals surface area contributed by atoms with Crippen LogP contribution in [0.2, 0.25) is 0 Å². The van der Waals surface area contributed by atoms with Crippen molar-refractivity contribution in [2.75, 3.05) is 0 Å². The lowest BCUT2D eigenvalue weighted by atomic mass is 9.92. The molecule has 84 valence electrons. The number of benzene rings is 1. The molecule has 2 rings (SSSR count). The Labute approximate surface area is 89.6 Å². The summed E-state index contributed by atoms with van der Waals surface area (Å²) >= 11 is 0. The molecule has 4 nitrogen and oxygen atoms in total. The molecule has 0 saturated carbocycles. The molecule has 0 spiro atoms. The van der Waals surface area contributed by atoms with Gasteiger partial charge in [-0.05, 0) is 24.6 Å². The van der Waals surface area contributed by atoms with Gasteiger partial charge in [0.2, 0.25) is 0 Å². The predicted molar refractivity (Wildman–Crippen MR) is 50.4 cm³/mol. The van der Waals surface area contributed by atoms with Crippen LogP contribution in [0, 0.1) is 11.6 Å². The van der Waals surface area contributed by atoms with E-state index in [0.717, 1.165) is 12.1 Å². The van der Waals surface area contributed by atoms with Crippen molar-refractivity contribution in [2.24, 2.45) is 0 Å². The summed E-state index contributed by atoms with van der Waals surface area (Å²) in [6, 6.07) is 2.03. The number of nitrogens with one attached hydrogen (secondary N) is 2. The fourth-order valence-electron chi connectivity index (χ4n) is 1.59. The average molecular weight is 226 g/mol. The summed E-state index contributed by atoms with van der Waals surface area (Å²) < 4.78 is 26.0. The standard InChI is InChI=1S/C10H8F2N2O2/c1-10(8(15)13-9(16)14-10)5-2-6(11)4-7(12)3-5/h2-4H,1H3,(H2,13,14,15,16)/t10-/m1/s1. The second-order valence-electron chi connectivity index (χ2n) is 3.69. The number of hydrogen-bond donors (Lipinski definition) is 2. The maximum absolute atomic E-state index is 13.0. The van der Waals surface area contributed by atoms with Crippen molar-refractivity contribution in [2.45, 2.75) is 12.5 Å². The number of carbonyl (C=O) groups is 2. The second kappa shape index (κ2) is 3.26. The highest BCUT2D eigenvalue weighted by molar-refractivity contribution is 6.07. The van der Waals surface area contributed by atoms with E-state index in [-0.39, 0.29) is 5.56 Å². The number of urea groups is 1. The van der Waals surface area contributed by atoms with E-state index in [1.807, 2.05) is 5.32 Å². The fraction of sp³-hybridized carbons (Fsp3) is 0.200. The molecule has 1 aliphatic heterocycles. The highest BCUT2D eigenvalue weighted by atomic mass is 19.1. The molecule has 1 aliphatic rings. The van der Waals surface area contributed by atoms with Crippen LogP contribution in [-0.4, -0.2) is 11.9 Å². The van der Waals surface area contributed by atoms with Gasteiger partial charge in [0, 0.05) is 6.07 Å². The number of imide groups is 1. The van der Waals surface area contributed by atoms with Gasteiger partial charge >= 0.3 is 6.03 Å². The van der Waals surface area contributed by atoms with Gasteiger partial charge < -0.3 is 5.32 Å². The van der Waals surface area contributed by atoms with Gasteiger partial charge in [0.1, 0.15) is 17.2 Å². The molecule has 0 bridgehead atoms. The van der Waals surface area contributed by atoms with Gasteiger partial charge in [-0.25, -0.2) is 13.6 Å². The van der Waals surface area contributed by atoms with Gasteiger partial charge in [-0.2, -0.15) is 0 Å². The minimum absolute atomic E-state index is 0.0633. The summed E-state index contributed by atoms with van der Waals surface area (Å²) in [5.74, 6) is -2.24.